The van der Waals surface area contributed by atoms with E-state index in [1.165, 1.54) is 13.1 Å². The van der Waals surface area contributed by atoms with Crippen LogP contribution in [0.3, 0.4) is 0 Å². The molecule has 6 heteroatoms. The maximum Gasteiger partial charge on any atom is 0.327 e. The minimum Gasteiger partial charge on any atom is -0.334 e. The second-order valence-electron chi connectivity index (χ2n) is 3.15. The van der Waals surface area contributed by atoms with Crippen LogP contribution < -0.4 is 0 Å². The maximum atomic E-state index is 12.8. The van der Waals surface area contributed by atoms with Crippen molar-refractivity contribution in [3.8, 4) is 0 Å². The molecule has 0 aromatic carbocycles. The highest BCUT2D eigenvalue weighted by atomic mass is 19.3. The van der Waals surface area contributed by atoms with Crippen molar-refractivity contribution in [2.24, 2.45) is 0 Å². The molecule has 1 atom stereocenters. The van der Waals surface area contributed by atoms with Gasteiger partial charge >= 0.3 is 5.92 Å². The number of nitrogens with zero attached hydrogens (tertiary/aromatic N) is 1. The molecule has 1 saturated heterocycles. The Morgan fingerprint density at radius 1 is 1.71 bits per heavy atom. The van der Waals surface area contributed by atoms with Crippen molar-refractivity contribution in [2.45, 2.75) is 18.4 Å². The number of hydrogen-bond donors (Lipinski definition) is 0. The van der Waals surface area contributed by atoms with Gasteiger partial charge in [0.1, 0.15) is 0 Å². The first-order chi connectivity index (χ1) is 6.34. The minimum atomic E-state index is -3.33. The normalized spacial score (nSPS) is 26.1. The van der Waals surface area contributed by atoms with Gasteiger partial charge in [-0.25, -0.2) is 0 Å². The van der Waals surface area contributed by atoms with Gasteiger partial charge in [-0.3, -0.25) is 4.79 Å². The number of carbonyl (C=O) groups excluding carboxylic acids is 2. The Bertz CT molecular complexity index is 304. The van der Waals surface area contributed by atoms with Crippen molar-refractivity contribution in [3.63, 3.8) is 0 Å². The average molecular weight is 199 g/mol. The van der Waals surface area contributed by atoms with Crippen molar-refractivity contribution in [1.82, 2.24) is 4.90 Å². The highest BCUT2D eigenvalue weighted by molar-refractivity contribution is 6.60. The maximum absolute atomic E-state index is 12.8. The van der Waals surface area contributed by atoms with Crippen LogP contribution in [0.1, 0.15) is 6.42 Å². The van der Waals surface area contributed by atoms with Crippen LogP contribution >= 0.6 is 0 Å². The second kappa shape index (κ2) is 3.51. The first kappa shape index (κ1) is 10.9. The Balaban J connectivity index is 2.76. The topological polar surface area (TPSA) is 37.4 Å². The molecule has 0 unspecified atom stereocenters. The molecule has 0 aromatic rings. The molecule has 1 aliphatic rings. The number of halogens is 2. The monoisotopic (exact) mass is 199 g/mol. The van der Waals surface area contributed by atoms with E-state index in [0.29, 0.717) is 0 Å². The van der Waals surface area contributed by atoms with Crippen LogP contribution in [-0.4, -0.2) is 43.3 Å². The Morgan fingerprint density at radius 2 is 2.29 bits per heavy atom. The number of carbonyl (C=O) groups is 2. The lowest BCUT2D eigenvalue weighted by atomic mass is 10.0. The summed E-state index contributed by atoms with van der Waals surface area (Å²) in [6, 6.07) is -0.759. The molecule has 0 aromatic heterocycles. The van der Waals surface area contributed by atoms with Crippen LogP contribution in [0, 0.1) is 0 Å². The molecule has 0 spiro atoms. The van der Waals surface area contributed by atoms with Gasteiger partial charge in [-0.1, -0.05) is 6.08 Å². The van der Waals surface area contributed by atoms with Crippen molar-refractivity contribution in [2.75, 3.05) is 7.05 Å². The number of allylic oxidation sites excluding steroid dienone is 1. The van der Waals surface area contributed by atoms with Crippen LogP contribution in [0.25, 0.3) is 0 Å². The zero-order valence-corrected chi connectivity index (χ0v) is 7.54. The first-order valence-corrected chi connectivity index (χ1v) is 3.97. The van der Waals surface area contributed by atoms with E-state index < -0.39 is 30.0 Å². The largest absolute Gasteiger partial charge is 0.334 e. The molecule has 1 rings (SSSR count). The predicted octanol–water partition coefficient (Wildman–Crippen LogP) is 0.104. The molecule has 0 aliphatic carbocycles. The average Bonchev–Trinajstić information content (AvgIpc) is 2.26. The first-order valence-electron chi connectivity index (χ1n) is 3.97. The third kappa shape index (κ3) is 2.00. The molecule has 0 saturated carbocycles. The Labute approximate surface area is 81.2 Å². The van der Waals surface area contributed by atoms with Crippen LogP contribution in [0.4, 0.5) is 8.78 Å². The predicted molar refractivity (Wildman–Crippen MR) is 46.0 cm³/mol. The van der Waals surface area contributed by atoms with Gasteiger partial charge in [-0.05, 0) is 6.08 Å². The van der Waals surface area contributed by atoms with Gasteiger partial charge < -0.3 is 9.69 Å². The lowest BCUT2D eigenvalue weighted by Gasteiger charge is -2.14. The van der Waals surface area contributed by atoms with Gasteiger partial charge in [0.25, 0.3) is 5.91 Å². The Kier molecular flexibility index (Phi) is 2.73. The van der Waals surface area contributed by atoms with E-state index in [1.807, 2.05) is 0 Å². The molecular formula is C8H8BF2NO2. The van der Waals surface area contributed by atoms with Crippen molar-refractivity contribution in [1.29, 1.82) is 0 Å². The van der Waals surface area contributed by atoms with E-state index in [1.54, 1.807) is 0 Å². The number of likely N-dealkylation sites (N-methyl/N-ethyl adjacent to an activating group) is 1. The Hall–Kier alpha value is -1.20. The summed E-state index contributed by atoms with van der Waals surface area (Å²) in [5.41, 5.74) is -0.721. The molecule has 1 fully saturated rings. The fourth-order valence-corrected chi connectivity index (χ4v) is 1.30. The number of likely N-dealkylation sites (tertiary alicyclic amines) is 1. The van der Waals surface area contributed by atoms with Crippen LogP contribution in [0.2, 0.25) is 0 Å². The minimum absolute atomic E-state index is 0.605. The third-order valence-corrected chi connectivity index (χ3v) is 2.08. The molecule has 2 radical (unpaired) electrons. The molecular weight excluding hydrogens is 191 g/mol. The molecule has 1 amide bonds. The fraction of sp³-hybridized carbons (Fsp3) is 0.500. The van der Waals surface area contributed by atoms with Crippen molar-refractivity contribution >= 4 is 19.4 Å². The second-order valence-corrected chi connectivity index (χ2v) is 3.15. The van der Waals surface area contributed by atoms with Crippen molar-refractivity contribution < 1.29 is 18.4 Å². The summed E-state index contributed by atoms with van der Waals surface area (Å²) in [5, 5.41) is 0. The third-order valence-electron chi connectivity index (χ3n) is 2.08. The smallest absolute Gasteiger partial charge is 0.327 e. The zero-order chi connectivity index (χ0) is 10.9. The van der Waals surface area contributed by atoms with Crippen LogP contribution in [-0.2, 0) is 9.59 Å². The summed E-state index contributed by atoms with van der Waals surface area (Å²) in [5.74, 6) is -4.56. The Morgan fingerprint density at radius 3 is 2.64 bits per heavy atom. The zero-order valence-electron chi connectivity index (χ0n) is 7.54. The molecule has 0 N–H and O–H groups in total. The highest BCUT2D eigenvalue weighted by Gasteiger charge is 2.50. The van der Waals surface area contributed by atoms with Gasteiger partial charge in [0.15, 0.2) is 7.85 Å². The SMILES string of the molecule is [B]C(=O)/C=C/[C@H]1CC(F)(F)C(=O)N1C. The molecule has 14 heavy (non-hydrogen) atoms. The van der Waals surface area contributed by atoms with Crippen molar-refractivity contribution in [3.05, 3.63) is 12.2 Å². The van der Waals surface area contributed by atoms with E-state index in [0.717, 1.165) is 11.0 Å². The summed E-state index contributed by atoms with van der Waals surface area (Å²) < 4.78 is 25.6. The summed E-state index contributed by atoms with van der Waals surface area (Å²) in [6.07, 6.45) is 1.59. The van der Waals surface area contributed by atoms with E-state index in [-0.39, 0.29) is 0 Å². The summed E-state index contributed by atoms with van der Waals surface area (Å²) in [4.78, 5) is 22.2. The van der Waals surface area contributed by atoms with E-state index >= 15 is 0 Å². The quantitative estimate of drug-likeness (QED) is 0.467. The van der Waals surface area contributed by atoms with Gasteiger partial charge in [-0.2, -0.15) is 8.78 Å². The molecule has 1 aliphatic heterocycles. The van der Waals surface area contributed by atoms with Gasteiger partial charge in [-0.15, -0.1) is 0 Å². The highest BCUT2D eigenvalue weighted by Crippen LogP contribution is 2.32. The number of amides is 1. The van der Waals surface area contributed by atoms with E-state index in [2.05, 4.69) is 0 Å². The molecule has 1 heterocycles. The molecule has 3 nitrogen and oxygen atoms in total. The number of alkyl halides is 2. The standard InChI is InChI=1S/C8H8BF2NO2/c1-12-5(2-3-6(9)13)4-8(10,11)7(12)14/h2-3,5H,4H2,1H3/b3-2+/t5-/m0/s1. The summed E-state index contributed by atoms with van der Waals surface area (Å²) >= 11 is 0. The van der Waals surface area contributed by atoms with E-state index in [4.69, 9.17) is 7.85 Å². The van der Waals surface area contributed by atoms with Crippen LogP contribution in [0.15, 0.2) is 12.2 Å². The fourth-order valence-electron chi connectivity index (χ4n) is 1.30. The van der Waals surface area contributed by atoms with Crippen LogP contribution in [0.5, 0.6) is 0 Å². The lowest BCUT2D eigenvalue weighted by Crippen LogP contribution is -2.32. The summed E-state index contributed by atoms with van der Waals surface area (Å²) in [6.45, 7) is 0. The molecule has 74 valence electrons. The van der Waals surface area contributed by atoms with Gasteiger partial charge in [0.2, 0.25) is 0 Å². The number of rotatable bonds is 2. The summed E-state index contributed by atoms with van der Waals surface area (Å²) in [7, 11) is 6.06. The molecule has 0 bridgehead atoms. The number of hydrogen-bond acceptors (Lipinski definition) is 2. The van der Waals surface area contributed by atoms with E-state index in [9.17, 15) is 18.4 Å². The lowest BCUT2D eigenvalue weighted by molar-refractivity contribution is -0.146. The van der Waals surface area contributed by atoms with Gasteiger partial charge in [0.05, 0.1) is 11.7 Å². The van der Waals surface area contributed by atoms with Gasteiger partial charge in [0, 0.05) is 13.5 Å².